The van der Waals surface area contributed by atoms with Gasteiger partial charge in [0.2, 0.25) is 5.91 Å². The molecule has 0 saturated carbocycles. The van der Waals surface area contributed by atoms with Crippen molar-refractivity contribution >= 4 is 17.4 Å². The number of hydrogen-bond donors (Lipinski definition) is 2. The van der Waals surface area contributed by atoms with Gasteiger partial charge in [-0.05, 0) is 6.07 Å². The van der Waals surface area contributed by atoms with E-state index in [1.807, 2.05) is 25.1 Å². The number of hydrogen-bond acceptors (Lipinski definition) is 6. The van der Waals surface area contributed by atoms with Crippen molar-refractivity contribution in [3.8, 4) is 0 Å². The first-order valence-corrected chi connectivity index (χ1v) is 6.63. The van der Waals surface area contributed by atoms with E-state index in [1.54, 1.807) is 29.3 Å². The van der Waals surface area contributed by atoms with E-state index in [2.05, 4.69) is 25.9 Å². The molecule has 0 saturated heterocycles. The van der Waals surface area contributed by atoms with E-state index in [4.69, 9.17) is 0 Å². The summed E-state index contributed by atoms with van der Waals surface area (Å²) < 4.78 is 1.58. The van der Waals surface area contributed by atoms with Crippen LogP contribution in [0.3, 0.4) is 0 Å². The van der Waals surface area contributed by atoms with E-state index in [0.29, 0.717) is 18.9 Å². The fourth-order valence-corrected chi connectivity index (χ4v) is 1.68. The maximum absolute atomic E-state index is 11.6. The summed E-state index contributed by atoms with van der Waals surface area (Å²) in [7, 11) is 3.88. The van der Waals surface area contributed by atoms with E-state index in [0.717, 1.165) is 5.69 Å². The van der Waals surface area contributed by atoms with Crippen molar-refractivity contribution in [2.24, 2.45) is 0 Å². The van der Waals surface area contributed by atoms with Crippen LogP contribution in [0, 0.1) is 0 Å². The Morgan fingerprint density at radius 2 is 2.24 bits per heavy atom. The summed E-state index contributed by atoms with van der Waals surface area (Å²) in [6.45, 7) is 1.31. The molecule has 0 unspecified atom stereocenters. The third-order valence-electron chi connectivity index (χ3n) is 2.77. The molecular formula is C13H19N7O. The van der Waals surface area contributed by atoms with E-state index in [9.17, 15) is 4.79 Å². The van der Waals surface area contributed by atoms with Crippen LogP contribution in [0.1, 0.15) is 0 Å². The highest BCUT2D eigenvalue weighted by Gasteiger charge is 2.03. The summed E-state index contributed by atoms with van der Waals surface area (Å²) in [6, 6.07) is 3.68. The zero-order valence-corrected chi connectivity index (χ0v) is 12.2. The molecule has 0 aliphatic rings. The fraction of sp³-hybridized carbons (Fsp3) is 0.385. The van der Waals surface area contributed by atoms with Crippen molar-refractivity contribution in [1.82, 2.24) is 25.3 Å². The molecule has 8 nitrogen and oxygen atoms in total. The predicted molar refractivity (Wildman–Crippen MR) is 80.1 cm³/mol. The molecule has 2 heterocycles. The molecule has 0 fully saturated rings. The average Bonchev–Trinajstić information content (AvgIpc) is 2.97. The number of carbonyl (C=O) groups is 1. The van der Waals surface area contributed by atoms with Gasteiger partial charge in [-0.15, -0.1) is 5.10 Å². The highest BCUT2D eigenvalue weighted by atomic mass is 16.2. The van der Waals surface area contributed by atoms with E-state index < -0.39 is 0 Å². The SMILES string of the molecule is CN(C)c1cnnc(NCCNC(=O)Cn2cccn2)c1. The van der Waals surface area contributed by atoms with Crippen molar-refractivity contribution in [3.05, 3.63) is 30.7 Å². The molecule has 112 valence electrons. The third-order valence-corrected chi connectivity index (χ3v) is 2.77. The number of carbonyl (C=O) groups excluding carboxylic acids is 1. The number of aromatic nitrogens is 4. The molecule has 8 heteroatoms. The van der Waals surface area contributed by atoms with Crippen LogP contribution in [0.2, 0.25) is 0 Å². The van der Waals surface area contributed by atoms with E-state index in [-0.39, 0.29) is 12.5 Å². The van der Waals surface area contributed by atoms with Gasteiger partial charge < -0.3 is 15.5 Å². The second-order valence-electron chi connectivity index (χ2n) is 4.67. The minimum absolute atomic E-state index is 0.0753. The largest absolute Gasteiger partial charge is 0.376 e. The van der Waals surface area contributed by atoms with Crippen molar-refractivity contribution in [2.75, 3.05) is 37.4 Å². The minimum Gasteiger partial charge on any atom is -0.376 e. The molecule has 0 aliphatic carbocycles. The van der Waals surface area contributed by atoms with Crippen LogP contribution < -0.4 is 15.5 Å². The fourth-order valence-electron chi connectivity index (χ4n) is 1.68. The second-order valence-corrected chi connectivity index (χ2v) is 4.67. The molecule has 0 aliphatic heterocycles. The van der Waals surface area contributed by atoms with Crippen LogP contribution in [0.5, 0.6) is 0 Å². The van der Waals surface area contributed by atoms with Crippen molar-refractivity contribution in [1.29, 1.82) is 0 Å². The average molecular weight is 289 g/mol. The van der Waals surface area contributed by atoms with Crippen LogP contribution in [0.15, 0.2) is 30.7 Å². The number of nitrogens with zero attached hydrogens (tertiary/aromatic N) is 5. The van der Waals surface area contributed by atoms with E-state index in [1.165, 1.54) is 0 Å². The standard InChI is InChI=1S/C13H19N7O/c1-19(2)11-8-12(18-16-9-11)14-5-6-15-13(21)10-20-7-3-4-17-20/h3-4,7-9H,5-6,10H2,1-2H3,(H,14,18)(H,15,21). The highest BCUT2D eigenvalue weighted by molar-refractivity contribution is 5.75. The molecule has 2 aromatic heterocycles. The Labute approximate surface area is 123 Å². The third kappa shape index (κ3) is 4.75. The maximum Gasteiger partial charge on any atom is 0.241 e. The lowest BCUT2D eigenvalue weighted by atomic mass is 10.4. The molecule has 0 radical (unpaired) electrons. The molecule has 0 spiro atoms. The monoisotopic (exact) mass is 289 g/mol. The lowest BCUT2D eigenvalue weighted by Gasteiger charge is -2.13. The van der Waals surface area contributed by atoms with Gasteiger partial charge >= 0.3 is 0 Å². The first kappa shape index (κ1) is 14.8. The molecule has 0 bridgehead atoms. The topological polar surface area (TPSA) is 88.0 Å². The first-order valence-electron chi connectivity index (χ1n) is 6.63. The summed E-state index contributed by atoms with van der Waals surface area (Å²) >= 11 is 0. The molecule has 2 N–H and O–H groups in total. The van der Waals surface area contributed by atoms with Crippen molar-refractivity contribution in [2.45, 2.75) is 6.54 Å². The quantitative estimate of drug-likeness (QED) is 0.696. The van der Waals surface area contributed by atoms with Gasteiger partial charge in [0.15, 0.2) is 5.82 Å². The van der Waals surface area contributed by atoms with Crippen molar-refractivity contribution in [3.63, 3.8) is 0 Å². The van der Waals surface area contributed by atoms with Gasteiger partial charge in [-0.2, -0.15) is 10.2 Å². The minimum atomic E-state index is -0.0753. The molecule has 1 amide bonds. The number of anilines is 2. The summed E-state index contributed by atoms with van der Waals surface area (Å²) in [5.41, 5.74) is 0.968. The van der Waals surface area contributed by atoms with Gasteiger partial charge in [0.25, 0.3) is 0 Å². The van der Waals surface area contributed by atoms with Crippen LogP contribution >= 0.6 is 0 Å². The molecule has 2 aromatic rings. The summed E-state index contributed by atoms with van der Waals surface area (Å²) in [5, 5.41) is 17.8. The van der Waals surface area contributed by atoms with Gasteiger partial charge in [0.05, 0.1) is 11.9 Å². The van der Waals surface area contributed by atoms with Crippen LogP contribution in [-0.2, 0) is 11.3 Å². The summed E-state index contributed by atoms with van der Waals surface area (Å²) in [5.74, 6) is 0.608. The highest BCUT2D eigenvalue weighted by Crippen LogP contribution is 2.12. The molecule has 21 heavy (non-hydrogen) atoms. The Kier molecular flexibility index (Phi) is 5.08. The van der Waals surface area contributed by atoms with Gasteiger partial charge in [0.1, 0.15) is 6.54 Å². The molecule has 2 rings (SSSR count). The Balaban J connectivity index is 1.69. The Hall–Kier alpha value is -2.64. The summed E-state index contributed by atoms with van der Waals surface area (Å²) in [6.07, 6.45) is 5.09. The first-order chi connectivity index (χ1) is 10.1. The van der Waals surface area contributed by atoms with Crippen LogP contribution in [0.4, 0.5) is 11.5 Å². The Bertz CT molecular complexity index is 568. The lowest BCUT2D eigenvalue weighted by molar-refractivity contribution is -0.121. The molecular weight excluding hydrogens is 270 g/mol. The zero-order valence-electron chi connectivity index (χ0n) is 12.2. The smallest absolute Gasteiger partial charge is 0.241 e. The predicted octanol–water partition coefficient (Wildman–Crippen LogP) is -0.0326. The Morgan fingerprint density at radius 1 is 1.38 bits per heavy atom. The van der Waals surface area contributed by atoms with Gasteiger partial charge in [-0.3, -0.25) is 9.48 Å². The Morgan fingerprint density at radius 3 is 2.95 bits per heavy atom. The van der Waals surface area contributed by atoms with Crippen molar-refractivity contribution < 1.29 is 4.79 Å². The van der Waals surface area contributed by atoms with E-state index >= 15 is 0 Å². The number of nitrogens with one attached hydrogen (secondary N) is 2. The normalized spacial score (nSPS) is 10.2. The molecule has 0 aromatic carbocycles. The van der Waals surface area contributed by atoms with Gasteiger partial charge in [-0.1, -0.05) is 0 Å². The molecule has 0 atom stereocenters. The maximum atomic E-state index is 11.6. The number of rotatable bonds is 7. The summed E-state index contributed by atoms with van der Waals surface area (Å²) in [4.78, 5) is 13.6. The van der Waals surface area contributed by atoms with Gasteiger partial charge in [0, 0.05) is 45.6 Å². The lowest BCUT2D eigenvalue weighted by Crippen LogP contribution is -2.31. The second kappa shape index (κ2) is 7.22. The number of amides is 1. The van der Waals surface area contributed by atoms with Gasteiger partial charge in [-0.25, -0.2) is 0 Å². The van der Waals surface area contributed by atoms with Crippen LogP contribution in [-0.4, -0.2) is 53.1 Å². The van der Waals surface area contributed by atoms with Crippen LogP contribution in [0.25, 0.3) is 0 Å². The zero-order chi connectivity index (χ0) is 15.1.